The van der Waals surface area contributed by atoms with Crippen LogP contribution in [0, 0.1) is 6.92 Å². The summed E-state index contributed by atoms with van der Waals surface area (Å²) in [7, 11) is 1.79. The van der Waals surface area contributed by atoms with E-state index in [2.05, 4.69) is 36.5 Å². The van der Waals surface area contributed by atoms with Gasteiger partial charge in [-0.3, -0.25) is 9.59 Å². The molecule has 0 spiro atoms. The van der Waals surface area contributed by atoms with Gasteiger partial charge in [0.25, 0.3) is 11.8 Å². The molecule has 2 aromatic carbocycles. The Balaban J connectivity index is 1.70. The molecule has 0 fully saturated rings. The summed E-state index contributed by atoms with van der Waals surface area (Å²) < 4.78 is 0. The number of rotatable bonds is 6. The lowest BCUT2D eigenvalue weighted by atomic mass is 10.1. The van der Waals surface area contributed by atoms with Gasteiger partial charge in [0.2, 0.25) is 0 Å². The van der Waals surface area contributed by atoms with E-state index in [9.17, 15) is 9.59 Å². The number of amides is 2. The van der Waals surface area contributed by atoms with E-state index < -0.39 is 0 Å². The number of aryl methyl sites for hydroxylation is 2. The van der Waals surface area contributed by atoms with Crippen molar-refractivity contribution < 1.29 is 9.59 Å². The molecule has 1 aromatic heterocycles. The molecule has 0 aliphatic rings. The molecule has 29 heavy (non-hydrogen) atoms. The van der Waals surface area contributed by atoms with Crippen molar-refractivity contribution >= 4 is 39.8 Å². The first-order valence-corrected chi connectivity index (χ1v) is 10.6. The lowest BCUT2D eigenvalue weighted by Crippen LogP contribution is -2.25. The Labute approximate surface area is 180 Å². The molecule has 0 bridgehead atoms. The Morgan fingerprint density at radius 2 is 1.72 bits per heavy atom. The van der Waals surface area contributed by atoms with Crippen molar-refractivity contribution in [1.82, 2.24) is 4.90 Å². The molecule has 150 valence electrons. The Hall–Kier alpha value is -2.63. The van der Waals surface area contributed by atoms with E-state index in [1.807, 2.05) is 13.0 Å². The van der Waals surface area contributed by atoms with Gasteiger partial charge in [0, 0.05) is 13.6 Å². The first-order valence-electron chi connectivity index (χ1n) is 9.38. The summed E-state index contributed by atoms with van der Waals surface area (Å²) in [6.07, 6.45) is 0.992. The minimum atomic E-state index is -0.291. The quantitative estimate of drug-likeness (QED) is 0.541. The van der Waals surface area contributed by atoms with Gasteiger partial charge >= 0.3 is 0 Å². The molecular weight excluding hydrogens is 404 g/mol. The van der Waals surface area contributed by atoms with E-state index in [0.29, 0.717) is 27.0 Å². The van der Waals surface area contributed by atoms with E-state index in [-0.39, 0.29) is 11.8 Å². The largest absolute Gasteiger partial charge is 0.337 e. The second-order valence-electron chi connectivity index (χ2n) is 6.89. The number of nitrogens with one attached hydrogen (secondary N) is 1. The highest BCUT2D eigenvalue weighted by Gasteiger charge is 2.19. The van der Waals surface area contributed by atoms with E-state index in [4.69, 9.17) is 11.6 Å². The fourth-order valence-corrected chi connectivity index (χ4v) is 4.26. The molecule has 4 nitrogen and oxygen atoms in total. The molecular formula is C23H23ClN2O2S. The van der Waals surface area contributed by atoms with Crippen molar-refractivity contribution in [3.8, 4) is 0 Å². The highest BCUT2D eigenvalue weighted by molar-refractivity contribution is 7.18. The van der Waals surface area contributed by atoms with Crippen LogP contribution in [0.5, 0.6) is 0 Å². The second-order valence-corrected chi connectivity index (χ2v) is 8.35. The van der Waals surface area contributed by atoms with Gasteiger partial charge in [-0.15, -0.1) is 11.3 Å². The van der Waals surface area contributed by atoms with Crippen LogP contribution in [0.2, 0.25) is 5.02 Å². The molecule has 0 aliphatic heterocycles. The molecule has 0 unspecified atom stereocenters. The molecule has 0 saturated heterocycles. The van der Waals surface area contributed by atoms with Crippen molar-refractivity contribution in [3.05, 3.63) is 86.8 Å². The summed E-state index contributed by atoms with van der Waals surface area (Å²) in [6.45, 7) is 4.52. The number of hydrogen-bond acceptors (Lipinski definition) is 3. The van der Waals surface area contributed by atoms with Crippen molar-refractivity contribution in [2.24, 2.45) is 0 Å². The van der Waals surface area contributed by atoms with Crippen molar-refractivity contribution in [2.75, 3.05) is 12.4 Å². The number of carbonyl (C=O) groups is 2. The lowest BCUT2D eigenvalue weighted by Gasteiger charge is -2.17. The van der Waals surface area contributed by atoms with Crippen molar-refractivity contribution in [2.45, 2.75) is 26.8 Å². The third-order valence-corrected chi connectivity index (χ3v) is 6.14. The van der Waals surface area contributed by atoms with Gasteiger partial charge in [0.1, 0.15) is 0 Å². The number of carbonyl (C=O) groups excluding carboxylic acids is 2. The Bertz CT molecular complexity index is 1030. The third-order valence-electron chi connectivity index (χ3n) is 4.66. The van der Waals surface area contributed by atoms with Crippen LogP contribution >= 0.6 is 22.9 Å². The lowest BCUT2D eigenvalue weighted by molar-refractivity contribution is 0.0789. The average Bonchev–Trinajstić information content (AvgIpc) is 3.08. The van der Waals surface area contributed by atoms with E-state index in [1.165, 1.54) is 16.9 Å². The number of nitrogens with zero attached hydrogens (tertiary/aromatic N) is 1. The van der Waals surface area contributed by atoms with Crippen LogP contribution in [0.15, 0.2) is 54.6 Å². The standard InChI is InChI=1S/C23H23ClN2O2S/c1-4-16-9-11-17(12-10-16)14-26(3)23(28)21-15(2)13-20(29-21)25-22(27)18-7-5-6-8-19(18)24/h5-13H,4,14H2,1-3H3,(H,25,27). The summed E-state index contributed by atoms with van der Waals surface area (Å²) in [6, 6.07) is 17.0. The summed E-state index contributed by atoms with van der Waals surface area (Å²) in [5.41, 5.74) is 3.60. The van der Waals surface area contributed by atoms with E-state index in [0.717, 1.165) is 17.5 Å². The van der Waals surface area contributed by atoms with Crippen LogP contribution in [0.3, 0.4) is 0 Å². The molecule has 3 aromatic rings. The van der Waals surface area contributed by atoms with Gasteiger partial charge in [-0.2, -0.15) is 0 Å². The fourth-order valence-electron chi connectivity index (χ4n) is 2.98. The molecule has 1 N–H and O–H groups in total. The average molecular weight is 427 g/mol. The summed E-state index contributed by atoms with van der Waals surface area (Å²) in [5, 5.41) is 3.85. The molecule has 0 radical (unpaired) electrons. The third kappa shape index (κ3) is 5.05. The smallest absolute Gasteiger partial charge is 0.264 e. The van der Waals surface area contributed by atoms with Crippen molar-refractivity contribution in [1.29, 1.82) is 0 Å². The summed E-state index contributed by atoms with van der Waals surface area (Å²) >= 11 is 7.37. The number of halogens is 1. The first kappa shape index (κ1) is 21.1. The maximum absolute atomic E-state index is 12.9. The SMILES string of the molecule is CCc1ccc(CN(C)C(=O)c2sc(NC(=O)c3ccccc3Cl)cc2C)cc1. The van der Waals surface area contributed by atoms with Crippen molar-refractivity contribution in [3.63, 3.8) is 0 Å². The zero-order valence-electron chi connectivity index (χ0n) is 16.7. The summed E-state index contributed by atoms with van der Waals surface area (Å²) in [5.74, 6) is -0.356. The number of benzene rings is 2. The zero-order valence-corrected chi connectivity index (χ0v) is 18.2. The van der Waals surface area contributed by atoms with Gasteiger partial charge in [-0.05, 0) is 48.2 Å². The second kappa shape index (κ2) is 9.25. The number of anilines is 1. The zero-order chi connectivity index (χ0) is 21.0. The van der Waals surface area contributed by atoms with E-state index in [1.54, 1.807) is 36.2 Å². The highest BCUT2D eigenvalue weighted by atomic mass is 35.5. The minimum Gasteiger partial charge on any atom is -0.337 e. The Kier molecular flexibility index (Phi) is 6.72. The maximum Gasteiger partial charge on any atom is 0.264 e. The van der Waals surface area contributed by atoms with Crippen LogP contribution < -0.4 is 5.32 Å². The normalized spacial score (nSPS) is 10.6. The molecule has 0 atom stereocenters. The Morgan fingerprint density at radius 1 is 1.07 bits per heavy atom. The molecule has 0 aliphatic carbocycles. The van der Waals surface area contributed by atoms with Gasteiger partial charge in [0.05, 0.1) is 20.5 Å². The number of hydrogen-bond donors (Lipinski definition) is 1. The molecule has 1 heterocycles. The monoisotopic (exact) mass is 426 g/mol. The van der Waals surface area contributed by atoms with Gasteiger partial charge in [0.15, 0.2) is 0 Å². The van der Waals surface area contributed by atoms with Crippen LogP contribution in [0.1, 0.15) is 43.6 Å². The molecule has 2 amide bonds. The Morgan fingerprint density at radius 3 is 2.38 bits per heavy atom. The van der Waals surface area contributed by atoms with Gasteiger partial charge in [-0.1, -0.05) is 54.9 Å². The topological polar surface area (TPSA) is 49.4 Å². The number of thiophene rings is 1. The van der Waals surface area contributed by atoms with Gasteiger partial charge < -0.3 is 10.2 Å². The van der Waals surface area contributed by atoms with Gasteiger partial charge in [-0.25, -0.2) is 0 Å². The van der Waals surface area contributed by atoms with E-state index >= 15 is 0 Å². The molecule has 6 heteroatoms. The van der Waals surface area contributed by atoms with Crippen LogP contribution in [-0.4, -0.2) is 23.8 Å². The highest BCUT2D eigenvalue weighted by Crippen LogP contribution is 2.29. The fraction of sp³-hybridized carbons (Fsp3) is 0.217. The minimum absolute atomic E-state index is 0.0645. The first-order chi connectivity index (χ1) is 13.9. The predicted octanol–water partition coefficient (Wildman–Crippen LogP) is 5.80. The maximum atomic E-state index is 12.9. The predicted molar refractivity (Wildman–Crippen MR) is 120 cm³/mol. The molecule has 3 rings (SSSR count). The molecule has 0 saturated carbocycles. The van der Waals surface area contributed by atoms with Crippen LogP contribution in [0.4, 0.5) is 5.00 Å². The van der Waals surface area contributed by atoms with Crippen LogP contribution in [0.25, 0.3) is 0 Å². The summed E-state index contributed by atoms with van der Waals surface area (Å²) in [4.78, 5) is 27.7. The van der Waals surface area contributed by atoms with Crippen LogP contribution in [-0.2, 0) is 13.0 Å².